The van der Waals surface area contributed by atoms with Gasteiger partial charge in [-0.2, -0.15) is 0 Å². The van der Waals surface area contributed by atoms with Crippen LogP contribution in [0.15, 0.2) is 47.6 Å². The number of hydrogen-bond acceptors (Lipinski definition) is 5. The van der Waals surface area contributed by atoms with E-state index >= 15 is 0 Å². The van der Waals surface area contributed by atoms with Gasteiger partial charge in [0.1, 0.15) is 6.61 Å². The fourth-order valence-electron chi connectivity index (χ4n) is 2.64. The summed E-state index contributed by atoms with van der Waals surface area (Å²) >= 11 is 0. The van der Waals surface area contributed by atoms with Crippen molar-refractivity contribution in [1.29, 1.82) is 0 Å². The molecule has 28 heavy (non-hydrogen) atoms. The zero-order chi connectivity index (χ0) is 19.8. The van der Waals surface area contributed by atoms with Gasteiger partial charge in [-0.1, -0.05) is 18.1 Å². The Morgan fingerprint density at radius 3 is 2.82 bits per heavy atom. The number of fused-ring (bicyclic) bond motifs is 1. The number of terminal acetylenes is 1. The lowest BCUT2D eigenvalue weighted by Gasteiger charge is -2.13. The van der Waals surface area contributed by atoms with E-state index in [4.69, 9.17) is 15.9 Å². The van der Waals surface area contributed by atoms with Gasteiger partial charge in [-0.05, 0) is 29.8 Å². The second-order valence-electron chi connectivity index (χ2n) is 5.80. The molecule has 3 aromatic rings. The highest BCUT2D eigenvalue weighted by molar-refractivity contribution is 5.79. The van der Waals surface area contributed by atoms with Gasteiger partial charge in [0.15, 0.2) is 28.9 Å². The lowest BCUT2D eigenvalue weighted by molar-refractivity contribution is 0.330. The van der Waals surface area contributed by atoms with Gasteiger partial charge >= 0.3 is 0 Å². The highest BCUT2D eigenvalue weighted by Crippen LogP contribution is 2.27. The Morgan fingerprint density at radius 2 is 2.04 bits per heavy atom. The summed E-state index contributed by atoms with van der Waals surface area (Å²) in [6.45, 7) is 1.23. The van der Waals surface area contributed by atoms with Crippen LogP contribution in [0.2, 0.25) is 0 Å². The Balaban J connectivity index is 1.60. The van der Waals surface area contributed by atoms with Gasteiger partial charge < -0.3 is 20.1 Å². The molecule has 0 aliphatic rings. The van der Waals surface area contributed by atoms with Crippen molar-refractivity contribution in [3.8, 4) is 23.8 Å². The van der Waals surface area contributed by atoms with Crippen molar-refractivity contribution in [2.75, 3.05) is 20.8 Å². The van der Waals surface area contributed by atoms with Crippen LogP contribution in [0.3, 0.4) is 0 Å². The number of methoxy groups -OCH3 is 1. The first-order valence-corrected chi connectivity index (χ1v) is 8.71. The molecule has 2 N–H and O–H groups in total. The summed E-state index contributed by atoms with van der Waals surface area (Å²) in [6.07, 6.45) is 7.20. The maximum Gasteiger partial charge on any atom is 0.191 e. The van der Waals surface area contributed by atoms with Gasteiger partial charge in [-0.3, -0.25) is 9.39 Å². The third kappa shape index (κ3) is 4.51. The predicted molar refractivity (Wildman–Crippen MR) is 107 cm³/mol. The van der Waals surface area contributed by atoms with E-state index in [1.807, 2.05) is 47.0 Å². The molecule has 0 atom stereocenters. The van der Waals surface area contributed by atoms with Crippen molar-refractivity contribution in [1.82, 2.24) is 25.2 Å². The van der Waals surface area contributed by atoms with Crippen molar-refractivity contribution in [3.05, 3.63) is 54.0 Å². The molecule has 0 fully saturated rings. The molecule has 0 spiro atoms. The van der Waals surface area contributed by atoms with E-state index in [0.717, 1.165) is 17.0 Å². The van der Waals surface area contributed by atoms with Crippen molar-refractivity contribution in [2.24, 2.45) is 4.99 Å². The molecule has 8 nitrogen and oxygen atoms in total. The van der Waals surface area contributed by atoms with Crippen LogP contribution in [0, 0.1) is 12.3 Å². The highest BCUT2D eigenvalue weighted by Gasteiger charge is 2.08. The zero-order valence-corrected chi connectivity index (χ0v) is 15.8. The molecule has 0 amide bonds. The van der Waals surface area contributed by atoms with Crippen LogP contribution in [-0.4, -0.2) is 41.3 Å². The van der Waals surface area contributed by atoms with Crippen LogP contribution in [0.25, 0.3) is 5.65 Å². The maximum absolute atomic E-state index is 5.54. The minimum absolute atomic E-state index is 0.183. The molecule has 3 rings (SSSR count). The number of guanidine groups is 1. The second-order valence-corrected chi connectivity index (χ2v) is 5.80. The van der Waals surface area contributed by atoms with E-state index in [9.17, 15) is 0 Å². The van der Waals surface area contributed by atoms with Crippen LogP contribution in [0.4, 0.5) is 0 Å². The SMILES string of the molecule is C#CCOc1cc(CNC(=NC)NCc2nnc3ccccn23)ccc1OC. The molecule has 0 saturated carbocycles. The first-order valence-electron chi connectivity index (χ1n) is 8.71. The molecular weight excluding hydrogens is 356 g/mol. The average molecular weight is 378 g/mol. The standard InChI is InChI=1S/C20H22N6O2/c1-4-11-28-17-12-15(8-9-16(17)27-3)13-22-20(21-2)23-14-19-25-24-18-7-5-6-10-26(18)19/h1,5-10,12H,11,13-14H2,2-3H3,(H2,21,22,23). The number of aliphatic imine (C=N–C) groups is 1. The molecule has 0 radical (unpaired) electrons. The molecule has 0 aliphatic carbocycles. The van der Waals surface area contributed by atoms with Gasteiger partial charge in [0, 0.05) is 19.8 Å². The first kappa shape index (κ1) is 19.0. The molecule has 2 heterocycles. The van der Waals surface area contributed by atoms with Crippen molar-refractivity contribution >= 4 is 11.6 Å². The Bertz CT molecular complexity index is 1010. The van der Waals surface area contributed by atoms with E-state index in [-0.39, 0.29) is 6.61 Å². The summed E-state index contributed by atoms with van der Waals surface area (Å²) < 4.78 is 12.8. The smallest absolute Gasteiger partial charge is 0.191 e. The highest BCUT2D eigenvalue weighted by atomic mass is 16.5. The summed E-state index contributed by atoms with van der Waals surface area (Å²) in [7, 11) is 3.31. The van der Waals surface area contributed by atoms with E-state index in [0.29, 0.717) is 30.5 Å². The van der Waals surface area contributed by atoms with Crippen LogP contribution < -0.4 is 20.1 Å². The van der Waals surface area contributed by atoms with Crippen LogP contribution in [0.5, 0.6) is 11.5 Å². The minimum Gasteiger partial charge on any atom is -0.493 e. The lowest BCUT2D eigenvalue weighted by atomic mass is 10.2. The zero-order valence-electron chi connectivity index (χ0n) is 15.8. The van der Waals surface area contributed by atoms with Crippen molar-refractivity contribution < 1.29 is 9.47 Å². The van der Waals surface area contributed by atoms with E-state index in [1.165, 1.54) is 0 Å². The number of rotatable bonds is 7. The molecule has 0 saturated heterocycles. The fraction of sp³-hybridized carbons (Fsp3) is 0.250. The van der Waals surface area contributed by atoms with Crippen LogP contribution in [-0.2, 0) is 13.1 Å². The number of nitrogens with one attached hydrogen (secondary N) is 2. The van der Waals surface area contributed by atoms with Crippen molar-refractivity contribution in [2.45, 2.75) is 13.1 Å². The fourth-order valence-corrected chi connectivity index (χ4v) is 2.64. The molecule has 0 bridgehead atoms. The Morgan fingerprint density at radius 1 is 1.18 bits per heavy atom. The van der Waals surface area contributed by atoms with Gasteiger partial charge in [-0.15, -0.1) is 16.6 Å². The number of benzene rings is 1. The lowest BCUT2D eigenvalue weighted by Crippen LogP contribution is -2.36. The monoisotopic (exact) mass is 378 g/mol. The number of pyridine rings is 1. The minimum atomic E-state index is 0.183. The summed E-state index contributed by atoms with van der Waals surface area (Å²) in [5, 5.41) is 14.8. The maximum atomic E-state index is 5.54. The van der Waals surface area contributed by atoms with Gasteiger partial charge in [0.2, 0.25) is 0 Å². The number of hydrogen-bond donors (Lipinski definition) is 2. The molecule has 2 aromatic heterocycles. The van der Waals surface area contributed by atoms with Gasteiger partial charge in [0.25, 0.3) is 0 Å². The topological polar surface area (TPSA) is 85.1 Å². The molecule has 0 aliphatic heterocycles. The predicted octanol–water partition coefficient (Wildman–Crippen LogP) is 1.62. The van der Waals surface area contributed by atoms with Crippen LogP contribution >= 0.6 is 0 Å². The molecular formula is C20H22N6O2. The number of aromatic nitrogens is 3. The van der Waals surface area contributed by atoms with Gasteiger partial charge in [-0.25, -0.2) is 0 Å². The van der Waals surface area contributed by atoms with Crippen LogP contribution in [0.1, 0.15) is 11.4 Å². The summed E-state index contributed by atoms with van der Waals surface area (Å²) in [5.74, 6) is 5.15. The Kier molecular flexibility index (Phi) is 6.31. The van der Waals surface area contributed by atoms with Gasteiger partial charge in [0.05, 0.1) is 13.7 Å². The van der Waals surface area contributed by atoms with E-state index < -0.39 is 0 Å². The van der Waals surface area contributed by atoms with Crippen molar-refractivity contribution in [3.63, 3.8) is 0 Å². The number of nitrogens with zero attached hydrogens (tertiary/aromatic N) is 4. The normalized spacial score (nSPS) is 11.1. The summed E-state index contributed by atoms with van der Waals surface area (Å²) in [5.41, 5.74) is 1.81. The third-order valence-corrected chi connectivity index (χ3v) is 4.02. The average Bonchev–Trinajstić information content (AvgIpc) is 3.15. The summed E-state index contributed by atoms with van der Waals surface area (Å²) in [6, 6.07) is 11.5. The van der Waals surface area contributed by atoms with E-state index in [1.54, 1.807) is 14.2 Å². The van der Waals surface area contributed by atoms with E-state index in [2.05, 4.69) is 31.7 Å². The Labute approximate surface area is 163 Å². The molecule has 1 aromatic carbocycles. The molecule has 8 heteroatoms. The first-order chi connectivity index (χ1) is 13.7. The number of ether oxygens (including phenoxy) is 2. The third-order valence-electron chi connectivity index (χ3n) is 4.02. The summed E-state index contributed by atoms with van der Waals surface area (Å²) in [4.78, 5) is 4.24. The Hall–Kier alpha value is -3.73. The molecule has 144 valence electrons. The second kappa shape index (κ2) is 9.28. The molecule has 0 unspecified atom stereocenters. The quantitative estimate of drug-likeness (QED) is 0.369. The largest absolute Gasteiger partial charge is 0.493 e.